The molecule has 4 aromatic rings. The predicted octanol–water partition coefficient (Wildman–Crippen LogP) is 5.38. The Hall–Kier alpha value is -2.90. The molecular formula is C23H20N2O3S2. The van der Waals surface area contributed by atoms with Gasteiger partial charge in [0.1, 0.15) is 4.83 Å². The second-order valence-electron chi connectivity index (χ2n) is 6.80. The summed E-state index contributed by atoms with van der Waals surface area (Å²) in [6, 6.07) is 19.4. The molecular weight excluding hydrogens is 416 g/mol. The van der Waals surface area contributed by atoms with Gasteiger partial charge in [0.05, 0.1) is 11.1 Å². The summed E-state index contributed by atoms with van der Waals surface area (Å²) >= 11 is 2.94. The van der Waals surface area contributed by atoms with E-state index >= 15 is 0 Å². The largest absolute Gasteiger partial charge is 0.481 e. The molecule has 2 aromatic heterocycles. The van der Waals surface area contributed by atoms with Gasteiger partial charge in [-0.25, -0.2) is 4.98 Å². The fourth-order valence-corrected chi connectivity index (χ4v) is 5.42. The standard InChI is InChI=1S/C23H20N2O3S2/c1-15-19(16-9-4-2-5-10-16)20-21(30-15)24-23(29-14-8-13-18(26)27)25(22(20)28)17-11-6-3-7-12-17/h2-7,9-12H,8,13-14H2,1H3,(H,26,27). The first kappa shape index (κ1) is 20.4. The van der Waals surface area contributed by atoms with Crippen LogP contribution in [0.5, 0.6) is 0 Å². The highest BCUT2D eigenvalue weighted by Crippen LogP contribution is 2.37. The first-order chi connectivity index (χ1) is 14.6. The second kappa shape index (κ2) is 8.85. The molecule has 0 amide bonds. The van der Waals surface area contributed by atoms with E-state index in [1.807, 2.05) is 67.6 Å². The highest BCUT2D eigenvalue weighted by molar-refractivity contribution is 7.99. The van der Waals surface area contributed by atoms with Gasteiger partial charge in [0.25, 0.3) is 5.56 Å². The normalized spacial score (nSPS) is 11.1. The third-order valence-electron chi connectivity index (χ3n) is 4.71. The van der Waals surface area contributed by atoms with Crippen LogP contribution in [0.4, 0.5) is 0 Å². The molecule has 2 heterocycles. The summed E-state index contributed by atoms with van der Waals surface area (Å²) in [4.78, 5) is 31.1. The van der Waals surface area contributed by atoms with Crippen molar-refractivity contribution < 1.29 is 9.90 Å². The van der Waals surface area contributed by atoms with E-state index in [9.17, 15) is 9.59 Å². The molecule has 0 saturated carbocycles. The number of aryl methyl sites for hydroxylation is 1. The van der Waals surface area contributed by atoms with E-state index in [1.54, 1.807) is 4.57 Å². The third-order valence-corrected chi connectivity index (χ3v) is 6.74. The molecule has 0 aliphatic carbocycles. The highest BCUT2D eigenvalue weighted by atomic mass is 32.2. The van der Waals surface area contributed by atoms with E-state index in [0.717, 1.165) is 21.7 Å². The Morgan fingerprint density at radius 3 is 2.43 bits per heavy atom. The quantitative estimate of drug-likeness (QED) is 0.239. The summed E-state index contributed by atoms with van der Waals surface area (Å²) in [6.45, 7) is 2.01. The minimum absolute atomic E-state index is 0.0983. The summed E-state index contributed by atoms with van der Waals surface area (Å²) in [6.07, 6.45) is 0.614. The van der Waals surface area contributed by atoms with Crippen molar-refractivity contribution >= 4 is 39.3 Å². The Labute approximate surface area is 182 Å². The van der Waals surface area contributed by atoms with Gasteiger partial charge in [0.2, 0.25) is 0 Å². The summed E-state index contributed by atoms with van der Waals surface area (Å²) in [5.74, 6) is -0.242. The number of carboxylic acids is 1. The maximum absolute atomic E-state index is 13.7. The van der Waals surface area contributed by atoms with Crippen LogP contribution in [0, 0.1) is 6.92 Å². The Morgan fingerprint density at radius 2 is 1.77 bits per heavy atom. The second-order valence-corrected chi connectivity index (χ2v) is 9.06. The van der Waals surface area contributed by atoms with E-state index in [4.69, 9.17) is 10.1 Å². The first-order valence-electron chi connectivity index (χ1n) is 9.58. The number of thioether (sulfide) groups is 1. The number of benzene rings is 2. The molecule has 0 spiro atoms. The van der Waals surface area contributed by atoms with Crippen molar-refractivity contribution in [3.63, 3.8) is 0 Å². The van der Waals surface area contributed by atoms with Gasteiger partial charge in [-0.05, 0) is 31.0 Å². The zero-order chi connectivity index (χ0) is 21.1. The van der Waals surface area contributed by atoms with Crippen LogP contribution in [-0.4, -0.2) is 26.4 Å². The van der Waals surface area contributed by atoms with E-state index in [-0.39, 0.29) is 12.0 Å². The molecule has 0 unspecified atom stereocenters. The van der Waals surface area contributed by atoms with Crippen molar-refractivity contribution in [3.05, 3.63) is 75.9 Å². The molecule has 0 fully saturated rings. The Kier molecular flexibility index (Phi) is 6.01. The minimum atomic E-state index is -0.819. The number of thiophene rings is 1. The molecule has 0 atom stereocenters. The molecule has 4 rings (SSSR count). The van der Waals surface area contributed by atoms with Crippen LogP contribution in [-0.2, 0) is 4.79 Å². The van der Waals surface area contributed by atoms with Crippen LogP contribution in [0.15, 0.2) is 70.6 Å². The lowest BCUT2D eigenvalue weighted by Crippen LogP contribution is -2.21. The maximum Gasteiger partial charge on any atom is 0.303 e. The highest BCUT2D eigenvalue weighted by Gasteiger charge is 2.20. The Balaban J connectivity index is 1.89. The summed E-state index contributed by atoms with van der Waals surface area (Å²) < 4.78 is 1.65. The van der Waals surface area contributed by atoms with Crippen molar-refractivity contribution in [2.75, 3.05) is 5.75 Å². The summed E-state index contributed by atoms with van der Waals surface area (Å²) in [5, 5.41) is 10.1. The van der Waals surface area contributed by atoms with Crippen molar-refractivity contribution in [1.29, 1.82) is 0 Å². The van der Waals surface area contributed by atoms with Crippen LogP contribution in [0.1, 0.15) is 17.7 Å². The molecule has 2 aromatic carbocycles. The molecule has 0 radical (unpaired) electrons. The van der Waals surface area contributed by atoms with Crippen LogP contribution < -0.4 is 5.56 Å². The van der Waals surface area contributed by atoms with Gasteiger partial charge in [-0.15, -0.1) is 11.3 Å². The SMILES string of the molecule is Cc1sc2nc(SCCCC(=O)O)n(-c3ccccc3)c(=O)c2c1-c1ccccc1. The van der Waals surface area contributed by atoms with Crippen LogP contribution in [0.2, 0.25) is 0 Å². The number of nitrogens with zero attached hydrogens (tertiary/aromatic N) is 2. The predicted molar refractivity (Wildman–Crippen MR) is 123 cm³/mol. The van der Waals surface area contributed by atoms with Gasteiger partial charge in [0, 0.05) is 22.6 Å². The van der Waals surface area contributed by atoms with Gasteiger partial charge in [-0.1, -0.05) is 60.3 Å². The lowest BCUT2D eigenvalue weighted by Gasteiger charge is -2.12. The molecule has 152 valence electrons. The first-order valence-corrected chi connectivity index (χ1v) is 11.4. The molecule has 0 saturated heterocycles. The molecule has 30 heavy (non-hydrogen) atoms. The van der Waals surface area contributed by atoms with E-state index in [2.05, 4.69) is 0 Å². The number of para-hydroxylation sites is 1. The molecule has 7 heteroatoms. The topological polar surface area (TPSA) is 72.2 Å². The molecule has 5 nitrogen and oxygen atoms in total. The third kappa shape index (κ3) is 4.04. The number of hydrogen-bond donors (Lipinski definition) is 1. The Bertz CT molecular complexity index is 1250. The number of carbonyl (C=O) groups is 1. The number of fused-ring (bicyclic) bond motifs is 1. The minimum Gasteiger partial charge on any atom is -0.481 e. The number of carboxylic acid groups (broad SMARTS) is 1. The average molecular weight is 437 g/mol. The van der Waals surface area contributed by atoms with Crippen molar-refractivity contribution in [2.45, 2.75) is 24.9 Å². The van der Waals surface area contributed by atoms with Crippen LogP contribution in [0.25, 0.3) is 27.0 Å². The average Bonchev–Trinajstić information content (AvgIpc) is 3.08. The lowest BCUT2D eigenvalue weighted by atomic mass is 10.0. The van der Waals surface area contributed by atoms with Crippen molar-refractivity contribution in [2.24, 2.45) is 0 Å². The fourth-order valence-electron chi connectivity index (χ4n) is 3.38. The van der Waals surface area contributed by atoms with Gasteiger partial charge in [-0.2, -0.15) is 0 Å². The van der Waals surface area contributed by atoms with E-state index < -0.39 is 5.97 Å². The number of rotatable bonds is 7. The zero-order valence-corrected chi connectivity index (χ0v) is 18.0. The lowest BCUT2D eigenvalue weighted by molar-refractivity contribution is -0.137. The fraction of sp³-hybridized carbons (Fsp3) is 0.174. The van der Waals surface area contributed by atoms with Gasteiger partial charge >= 0.3 is 5.97 Å². The van der Waals surface area contributed by atoms with Gasteiger partial charge in [-0.3, -0.25) is 14.2 Å². The molecule has 0 aliphatic heterocycles. The Morgan fingerprint density at radius 1 is 1.10 bits per heavy atom. The zero-order valence-electron chi connectivity index (χ0n) is 16.4. The molecule has 0 bridgehead atoms. The molecule has 0 aliphatic rings. The van der Waals surface area contributed by atoms with E-state index in [1.165, 1.54) is 23.1 Å². The number of aromatic nitrogens is 2. The summed E-state index contributed by atoms with van der Waals surface area (Å²) in [5.41, 5.74) is 2.58. The summed E-state index contributed by atoms with van der Waals surface area (Å²) in [7, 11) is 0. The van der Waals surface area contributed by atoms with Crippen LogP contribution in [0.3, 0.4) is 0 Å². The van der Waals surface area contributed by atoms with Crippen molar-refractivity contribution in [1.82, 2.24) is 9.55 Å². The van der Waals surface area contributed by atoms with Crippen molar-refractivity contribution in [3.8, 4) is 16.8 Å². The smallest absolute Gasteiger partial charge is 0.303 e. The maximum atomic E-state index is 13.7. The van der Waals surface area contributed by atoms with E-state index in [0.29, 0.717) is 27.5 Å². The number of hydrogen-bond acceptors (Lipinski definition) is 5. The molecule has 1 N–H and O–H groups in total. The van der Waals surface area contributed by atoms with Crippen LogP contribution >= 0.6 is 23.1 Å². The van der Waals surface area contributed by atoms with Gasteiger partial charge in [0.15, 0.2) is 5.16 Å². The monoisotopic (exact) mass is 436 g/mol. The van der Waals surface area contributed by atoms with Gasteiger partial charge < -0.3 is 5.11 Å². The number of aliphatic carboxylic acids is 1.